The van der Waals surface area contributed by atoms with Crippen molar-refractivity contribution in [2.75, 3.05) is 13.2 Å². The second-order valence-corrected chi connectivity index (χ2v) is 6.75. The number of aromatic nitrogens is 2. The quantitative estimate of drug-likeness (QED) is 0.791. The first-order valence-electron chi connectivity index (χ1n) is 7.02. The van der Waals surface area contributed by atoms with E-state index in [-0.39, 0.29) is 5.97 Å². The molecule has 0 spiro atoms. The standard InChI is InChI=1S/C14H17N3O2S2/c1-2-19-14(18)11-8-20-13(16-11)12-4-3-5-17(12)7-10-6-15-9-21-10/h6,8-9,12H,2-5,7H2,1H3. The SMILES string of the molecule is CCOC(=O)c1csc(C2CCCN2Cc2cncs2)n1. The molecule has 1 atom stereocenters. The third kappa shape index (κ3) is 3.30. The molecular formula is C14H17N3O2S2. The van der Waals surface area contributed by atoms with Crippen molar-refractivity contribution in [2.45, 2.75) is 32.4 Å². The van der Waals surface area contributed by atoms with Gasteiger partial charge in [-0.05, 0) is 26.3 Å². The Morgan fingerprint density at radius 2 is 2.43 bits per heavy atom. The van der Waals surface area contributed by atoms with E-state index in [1.165, 1.54) is 4.88 Å². The summed E-state index contributed by atoms with van der Waals surface area (Å²) in [5, 5.41) is 2.82. The minimum Gasteiger partial charge on any atom is -0.461 e. The zero-order valence-corrected chi connectivity index (χ0v) is 13.5. The van der Waals surface area contributed by atoms with Crippen molar-refractivity contribution < 1.29 is 9.53 Å². The molecule has 2 aromatic rings. The van der Waals surface area contributed by atoms with Gasteiger partial charge in [0.05, 0.1) is 18.2 Å². The summed E-state index contributed by atoms with van der Waals surface area (Å²) in [5.41, 5.74) is 2.30. The van der Waals surface area contributed by atoms with Crippen molar-refractivity contribution >= 4 is 28.6 Å². The number of nitrogens with zero attached hydrogens (tertiary/aromatic N) is 3. The Bertz CT molecular complexity index is 597. The van der Waals surface area contributed by atoms with Gasteiger partial charge in [-0.25, -0.2) is 9.78 Å². The lowest BCUT2D eigenvalue weighted by Gasteiger charge is -2.21. The number of ether oxygens (including phenoxy) is 1. The van der Waals surface area contributed by atoms with Crippen LogP contribution >= 0.6 is 22.7 Å². The van der Waals surface area contributed by atoms with E-state index in [4.69, 9.17) is 4.74 Å². The van der Waals surface area contributed by atoms with Crippen LogP contribution in [-0.2, 0) is 11.3 Å². The Kier molecular flexibility index (Phi) is 4.62. The lowest BCUT2D eigenvalue weighted by Crippen LogP contribution is -2.22. The average Bonchev–Trinajstić information content (AvgIpc) is 3.20. The first-order valence-corrected chi connectivity index (χ1v) is 8.78. The highest BCUT2D eigenvalue weighted by Gasteiger charge is 2.29. The van der Waals surface area contributed by atoms with Gasteiger partial charge >= 0.3 is 5.97 Å². The first-order chi connectivity index (χ1) is 10.3. The average molecular weight is 323 g/mol. The smallest absolute Gasteiger partial charge is 0.357 e. The fraction of sp³-hybridized carbons (Fsp3) is 0.500. The topological polar surface area (TPSA) is 55.3 Å². The Morgan fingerprint density at radius 1 is 1.52 bits per heavy atom. The number of hydrogen-bond donors (Lipinski definition) is 0. The number of esters is 1. The molecule has 0 saturated carbocycles. The molecule has 1 fully saturated rings. The van der Waals surface area contributed by atoms with Crippen LogP contribution in [0.15, 0.2) is 17.1 Å². The van der Waals surface area contributed by atoms with Gasteiger partial charge in [0.25, 0.3) is 0 Å². The number of carbonyl (C=O) groups excluding carboxylic acids is 1. The summed E-state index contributed by atoms with van der Waals surface area (Å²) in [7, 11) is 0. The van der Waals surface area contributed by atoms with E-state index >= 15 is 0 Å². The second-order valence-electron chi connectivity index (χ2n) is 4.89. The molecule has 1 aliphatic rings. The molecule has 21 heavy (non-hydrogen) atoms. The van der Waals surface area contributed by atoms with Crippen LogP contribution in [0.3, 0.4) is 0 Å². The third-order valence-corrected chi connectivity index (χ3v) is 5.21. The van der Waals surface area contributed by atoms with E-state index in [0.717, 1.165) is 30.9 Å². The predicted octanol–water partition coefficient (Wildman–Crippen LogP) is 3.11. The van der Waals surface area contributed by atoms with E-state index in [0.29, 0.717) is 18.3 Å². The van der Waals surface area contributed by atoms with Crippen LogP contribution in [0.2, 0.25) is 0 Å². The fourth-order valence-corrected chi connectivity index (χ4v) is 4.13. The van der Waals surface area contributed by atoms with Crippen LogP contribution in [0, 0.1) is 0 Å². The van der Waals surface area contributed by atoms with Crippen LogP contribution in [0.5, 0.6) is 0 Å². The van der Waals surface area contributed by atoms with Crippen molar-refractivity contribution in [3.05, 3.63) is 32.7 Å². The molecule has 0 amide bonds. The van der Waals surface area contributed by atoms with Gasteiger partial charge in [-0.3, -0.25) is 9.88 Å². The summed E-state index contributed by atoms with van der Waals surface area (Å²) in [6.07, 6.45) is 4.18. The van der Waals surface area contributed by atoms with Crippen LogP contribution in [0.1, 0.15) is 46.2 Å². The molecule has 0 radical (unpaired) electrons. The number of likely N-dealkylation sites (tertiary alicyclic amines) is 1. The maximum absolute atomic E-state index is 11.7. The fourth-order valence-electron chi connectivity index (χ4n) is 2.55. The number of rotatable bonds is 5. The predicted molar refractivity (Wildman–Crippen MR) is 82.6 cm³/mol. The number of carbonyl (C=O) groups is 1. The lowest BCUT2D eigenvalue weighted by atomic mass is 10.2. The Labute approximate surface area is 131 Å². The molecule has 1 aliphatic heterocycles. The maximum atomic E-state index is 11.7. The lowest BCUT2D eigenvalue weighted by molar-refractivity contribution is 0.0520. The highest BCUT2D eigenvalue weighted by molar-refractivity contribution is 7.10. The highest BCUT2D eigenvalue weighted by atomic mass is 32.1. The van der Waals surface area contributed by atoms with Crippen molar-refractivity contribution in [1.29, 1.82) is 0 Å². The minimum absolute atomic E-state index is 0.306. The Balaban J connectivity index is 1.71. The summed E-state index contributed by atoms with van der Waals surface area (Å²) >= 11 is 3.23. The van der Waals surface area contributed by atoms with Crippen molar-refractivity contribution in [1.82, 2.24) is 14.9 Å². The molecule has 7 heteroatoms. The summed E-state index contributed by atoms with van der Waals surface area (Å²) in [4.78, 5) is 24.0. The zero-order valence-electron chi connectivity index (χ0n) is 11.8. The molecular weight excluding hydrogens is 306 g/mol. The summed E-state index contributed by atoms with van der Waals surface area (Å²) in [6, 6.07) is 0.306. The van der Waals surface area contributed by atoms with Gasteiger partial charge in [0.1, 0.15) is 5.01 Å². The normalized spacial score (nSPS) is 19.0. The van der Waals surface area contributed by atoms with Gasteiger partial charge in [-0.1, -0.05) is 0 Å². The molecule has 1 saturated heterocycles. The molecule has 3 rings (SSSR count). The molecule has 112 valence electrons. The molecule has 2 aromatic heterocycles. The largest absolute Gasteiger partial charge is 0.461 e. The van der Waals surface area contributed by atoms with Crippen molar-refractivity contribution in [3.63, 3.8) is 0 Å². The summed E-state index contributed by atoms with van der Waals surface area (Å²) in [6.45, 7) is 4.16. The minimum atomic E-state index is -0.327. The number of hydrogen-bond acceptors (Lipinski definition) is 7. The second kappa shape index (κ2) is 6.64. The monoisotopic (exact) mass is 323 g/mol. The molecule has 5 nitrogen and oxygen atoms in total. The molecule has 0 aromatic carbocycles. The van der Waals surface area contributed by atoms with Crippen molar-refractivity contribution in [2.24, 2.45) is 0 Å². The van der Waals surface area contributed by atoms with Crippen molar-refractivity contribution in [3.8, 4) is 0 Å². The summed E-state index contributed by atoms with van der Waals surface area (Å²) in [5.74, 6) is -0.327. The third-order valence-electron chi connectivity index (χ3n) is 3.50. The van der Waals surface area contributed by atoms with Gasteiger partial charge in [0.2, 0.25) is 0 Å². The van der Waals surface area contributed by atoms with Gasteiger partial charge in [-0.2, -0.15) is 0 Å². The number of thiazole rings is 2. The van der Waals surface area contributed by atoms with E-state index in [1.807, 2.05) is 11.7 Å². The van der Waals surface area contributed by atoms with Crippen LogP contribution in [0.25, 0.3) is 0 Å². The van der Waals surface area contributed by atoms with Gasteiger partial charge in [0.15, 0.2) is 5.69 Å². The maximum Gasteiger partial charge on any atom is 0.357 e. The van der Waals surface area contributed by atoms with Crippen LogP contribution in [-0.4, -0.2) is 34.0 Å². The van der Waals surface area contributed by atoms with Crippen LogP contribution < -0.4 is 0 Å². The molecule has 0 bridgehead atoms. The Hall–Kier alpha value is -1.31. The van der Waals surface area contributed by atoms with Gasteiger partial charge < -0.3 is 4.74 Å². The molecule has 0 N–H and O–H groups in total. The Morgan fingerprint density at radius 3 is 3.19 bits per heavy atom. The van der Waals surface area contributed by atoms with E-state index in [1.54, 1.807) is 35.0 Å². The van der Waals surface area contributed by atoms with Gasteiger partial charge in [0, 0.05) is 23.0 Å². The molecule has 1 unspecified atom stereocenters. The van der Waals surface area contributed by atoms with E-state index in [2.05, 4.69) is 14.9 Å². The van der Waals surface area contributed by atoms with Gasteiger partial charge in [-0.15, -0.1) is 22.7 Å². The first kappa shape index (κ1) is 14.6. The van der Waals surface area contributed by atoms with Crippen LogP contribution in [0.4, 0.5) is 0 Å². The zero-order chi connectivity index (χ0) is 14.7. The highest BCUT2D eigenvalue weighted by Crippen LogP contribution is 2.35. The van der Waals surface area contributed by atoms with E-state index < -0.39 is 0 Å². The molecule has 0 aliphatic carbocycles. The van der Waals surface area contributed by atoms with E-state index in [9.17, 15) is 4.79 Å². The molecule has 3 heterocycles. The summed E-state index contributed by atoms with van der Waals surface area (Å²) < 4.78 is 5.00.